The number of rotatable bonds is 8. The number of amides is 3. The van der Waals surface area contributed by atoms with Gasteiger partial charge in [0, 0.05) is 30.9 Å². The highest BCUT2D eigenvalue weighted by molar-refractivity contribution is 5.96. The van der Waals surface area contributed by atoms with Crippen LogP contribution in [0.2, 0.25) is 0 Å². The smallest absolute Gasteiger partial charge is 0.325 e. The number of carbonyl (C=O) groups excluding carboxylic acids is 2. The van der Waals surface area contributed by atoms with E-state index >= 15 is 0 Å². The highest BCUT2D eigenvalue weighted by Crippen LogP contribution is 2.23. The lowest BCUT2D eigenvalue weighted by Gasteiger charge is -2.19. The Morgan fingerprint density at radius 3 is 2.57 bits per heavy atom. The molecule has 1 fully saturated rings. The first-order valence-electron chi connectivity index (χ1n) is 9.30. The molecule has 0 spiro atoms. The summed E-state index contributed by atoms with van der Waals surface area (Å²) in [5.74, 6) is 1.29. The van der Waals surface area contributed by atoms with Crippen molar-refractivity contribution in [1.82, 2.24) is 10.2 Å². The molecule has 3 amide bonds. The average Bonchev–Trinajstić information content (AvgIpc) is 3.07. The van der Waals surface area contributed by atoms with E-state index in [-0.39, 0.29) is 18.5 Å². The summed E-state index contributed by atoms with van der Waals surface area (Å²) < 4.78 is 10.7. The van der Waals surface area contributed by atoms with Gasteiger partial charge in [-0.05, 0) is 37.3 Å². The number of urea groups is 1. The van der Waals surface area contributed by atoms with Crippen LogP contribution in [-0.4, -0.2) is 50.2 Å². The summed E-state index contributed by atoms with van der Waals surface area (Å²) in [6, 6.07) is 14.7. The standard InChI is InChI=1S/C21H25N3O4/c1-3-28-18-10-8-17(9-11-18)24-13-12-23(21(24)26)15-20(25)22-14-16-6-4-5-7-19(16)27-2/h4-11H,3,12-15H2,1-2H3,(H,22,25). The number of ether oxygens (including phenoxy) is 2. The van der Waals surface area contributed by atoms with Gasteiger partial charge in [-0.1, -0.05) is 18.2 Å². The summed E-state index contributed by atoms with van der Waals surface area (Å²) >= 11 is 0. The van der Waals surface area contributed by atoms with Gasteiger partial charge in [-0.15, -0.1) is 0 Å². The summed E-state index contributed by atoms with van der Waals surface area (Å²) in [4.78, 5) is 28.2. The summed E-state index contributed by atoms with van der Waals surface area (Å²) in [7, 11) is 1.60. The topological polar surface area (TPSA) is 71.1 Å². The van der Waals surface area contributed by atoms with Gasteiger partial charge in [-0.2, -0.15) is 0 Å². The zero-order chi connectivity index (χ0) is 19.9. The van der Waals surface area contributed by atoms with Gasteiger partial charge in [0.1, 0.15) is 18.0 Å². The summed E-state index contributed by atoms with van der Waals surface area (Å²) in [6.07, 6.45) is 0. The van der Waals surface area contributed by atoms with Gasteiger partial charge in [0.05, 0.1) is 13.7 Å². The van der Waals surface area contributed by atoms with E-state index in [1.165, 1.54) is 0 Å². The van der Waals surface area contributed by atoms with Crippen molar-refractivity contribution in [3.8, 4) is 11.5 Å². The van der Waals surface area contributed by atoms with E-state index in [0.29, 0.717) is 26.2 Å². The molecule has 0 saturated carbocycles. The summed E-state index contributed by atoms with van der Waals surface area (Å²) in [5, 5.41) is 2.85. The zero-order valence-corrected chi connectivity index (χ0v) is 16.2. The number of carbonyl (C=O) groups is 2. The van der Waals surface area contributed by atoms with E-state index in [9.17, 15) is 9.59 Å². The fourth-order valence-electron chi connectivity index (χ4n) is 3.13. The van der Waals surface area contributed by atoms with Crippen molar-refractivity contribution >= 4 is 17.6 Å². The first-order valence-corrected chi connectivity index (χ1v) is 9.30. The van der Waals surface area contributed by atoms with Crippen LogP contribution in [0.25, 0.3) is 0 Å². The Labute approximate surface area is 164 Å². The van der Waals surface area contributed by atoms with Crippen molar-refractivity contribution in [1.29, 1.82) is 0 Å². The molecule has 1 heterocycles. The number of methoxy groups -OCH3 is 1. The molecule has 1 saturated heterocycles. The molecule has 3 rings (SSSR count). The Kier molecular flexibility index (Phi) is 6.37. The quantitative estimate of drug-likeness (QED) is 0.761. The van der Waals surface area contributed by atoms with Crippen LogP contribution in [0.15, 0.2) is 48.5 Å². The van der Waals surface area contributed by atoms with Gasteiger partial charge >= 0.3 is 6.03 Å². The third-order valence-corrected chi connectivity index (χ3v) is 4.56. The van der Waals surface area contributed by atoms with E-state index < -0.39 is 0 Å². The van der Waals surface area contributed by atoms with E-state index in [4.69, 9.17) is 9.47 Å². The van der Waals surface area contributed by atoms with Crippen molar-refractivity contribution in [2.24, 2.45) is 0 Å². The van der Waals surface area contributed by atoms with Crippen LogP contribution in [0.3, 0.4) is 0 Å². The molecule has 2 aromatic carbocycles. The number of hydrogen-bond acceptors (Lipinski definition) is 4. The SMILES string of the molecule is CCOc1ccc(N2CCN(CC(=O)NCc3ccccc3OC)C2=O)cc1. The van der Waals surface area contributed by atoms with Crippen molar-refractivity contribution in [2.45, 2.75) is 13.5 Å². The normalized spacial score (nSPS) is 13.6. The predicted octanol–water partition coefficient (Wildman–Crippen LogP) is 2.65. The fourth-order valence-corrected chi connectivity index (χ4v) is 3.13. The third kappa shape index (κ3) is 4.54. The zero-order valence-electron chi connectivity index (χ0n) is 16.2. The molecule has 0 unspecified atom stereocenters. The number of hydrogen-bond donors (Lipinski definition) is 1. The minimum absolute atomic E-state index is 0.0293. The molecule has 0 aliphatic carbocycles. The number of anilines is 1. The van der Waals surface area contributed by atoms with E-state index in [1.54, 1.807) is 16.9 Å². The van der Waals surface area contributed by atoms with Crippen molar-refractivity contribution < 1.29 is 19.1 Å². The molecule has 0 radical (unpaired) electrons. The first-order chi connectivity index (χ1) is 13.6. The van der Waals surface area contributed by atoms with Gasteiger partial charge in [-0.3, -0.25) is 9.69 Å². The first kappa shape index (κ1) is 19.5. The Bertz CT molecular complexity index is 823. The molecule has 7 nitrogen and oxygen atoms in total. The van der Waals surface area contributed by atoms with Gasteiger partial charge in [0.25, 0.3) is 0 Å². The maximum Gasteiger partial charge on any atom is 0.325 e. The predicted molar refractivity (Wildman–Crippen MR) is 107 cm³/mol. The number of nitrogens with zero attached hydrogens (tertiary/aromatic N) is 2. The minimum Gasteiger partial charge on any atom is -0.496 e. The van der Waals surface area contributed by atoms with Crippen LogP contribution in [0.1, 0.15) is 12.5 Å². The second-order valence-corrected chi connectivity index (χ2v) is 6.37. The van der Waals surface area contributed by atoms with E-state index in [1.807, 2.05) is 55.5 Å². The lowest BCUT2D eigenvalue weighted by Crippen LogP contribution is -2.39. The van der Waals surface area contributed by atoms with Gasteiger partial charge in [0.15, 0.2) is 0 Å². The largest absolute Gasteiger partial charge is 0.496 e. The highest BCUT2D eigenvalue weighted by Gasteiger charge is 2.30. The van der Waals surface area contributed by atoms with Crippen LogP contribution >= 0.6 is 0 Å². The van der Waals surface area contributed by atoms with Crippen LogP contribution in [0, 0.1) is 0 Å². The molecular weight excluding hydrogens is 358 g/mol. The highest BCUT2D eigenvalue weighted by atomic mass is 16.5. The summed E-state index contributed by atoms with van der Waals surface area (Å²) in [5.41, 5.74) is 1.69. The Hall–Kier alpha value is -3.22. The maximum absolute atomic E-state index is 12.6. The van der Waals surface area contributed by atoms with Crippen LogP contribution in [0.4, 0.5) is 10.5 Å². The summed E-state index contributed by atoms with van der Waals surface area (Å²) in [6.45, 7) is 3.96. The van der Waals surface area contributed by atoms with E-state index in [0.717, 1.165) is 22.7 Å². The monoisotopic (exact) mass is 383 g/mol. The molecular formula is C21H25N3O4. The van der Waals surface area contributed by atoms with E-state index in [2.05, 4.69) is 5.32 Å². The average molecular weight is 383 g/mol. The molecule has 0 bridgehead atoms. The molecule has 148 valence electrons. The van der Waals surface area contributed by atoms with Crippen LogP contribution in [-0.2, 0) is 11.3 Å². The lowest BCUT2D eigenvalue weighted by atomic mass is 10.2. The lowest BCUT2D eigenvalue weighted by molar-refractivity contribution is -0.121. The fraction of sp³-hybridized carbons (Fsp3) is 0.333. The second kappa shape index (κ2) is 9.12. The van der Waals surface area contributed by atoms with Crippen molar-refractivity contribution in [3.63, 3.8) is 0 Å². The Morgan fingerprint density at radius 2 is 1.86 bits per heavy atom. The Morgan fingerprint density at radius 1 is 1.11 bits per heavy atom. The van der Waals surface area contributed by atoms with Crippen molar-refractivity contribution in [3.05, 3.63) is 54.1 Å². The molecule has 7 heteroatoms. The van der Waals surface area contributed by atoms with Crippen LogP contribution in [0.5, 0.6) is 11.5 Å². The molecule has 2 aromatic rings. The number of para-hydroxylation sites is 1. The Balaban J connectivity index is 1.54. The molecule has 1 aliphatic heterocycles. The molecule has 28 heavy (non-hydrogen) atoms. The minimum atomic E-state index is -0.201. The number of nitrogens with one attached hydrogen (secondary N) is 1. The van der Waals surface area contributed by atoms with Crippen LogP contribution < -0.4 is 19.7 Å². The number of benzene rings is 2. The molecule has 0 aromatic heterocycles. The van der Waals surface area contributed by atoms with Gasteiger partial charge in [0.2, 0.25) is 5.91 Å². The van der Waals surface area contributed by atoms with Gasteiger partial charge in [-0.25, -0.2) is 4.79 Å². The molecule has 0 atom stereocenters. The maximum atomic E-state index is 12.6. The van der Waals surface area contributed by atoms with Crippen molar-refractivity contribution in [2.75, 3.05) is 38.3 Å². The van der Waals surface area contributed by atoms with Gasteiger partial charge < -0.3 is 19.7 Å². The molecule has 1 N–H and O–H groups in total. The second-order valence-electron chi connectivity index (χ2n) is 6.37. The third-order valence-electron chi connectivity index (χ3n) is 4.56. The molecule has 1 aliphatic rings.